The van der Waals surface area contributed by atoms with E-state index in [1.165, 1.54) is 0 Å². The van der Waals surface area contributed by atoms with Gasteiger partial charge in [-0.3, -0.25) is 9.58 Å². The number of aliphatic hydroxyl groups is 1. The van der Waals surface area contributed by atoms with Gasteiger partial charge in [-0.25, -0.2) is 0 Å². The summed E-state index contributed by atoms with van der Waals surface area (Å²) in [5.74, 6) is 0. The van der Waals surface area contributed by atoms with Crippen LogP contribution in [0, 0.1) is 0 Å². The monoisotopic (exact) mass is 327 g/mol. The van der Waals surface area contributed by atoms with Crippen LogP contribution in [0.25, 0.3) is 11.1 Å². The van der Waals surface area contributed by atoms with Gasteiger partial charge in [0, 0.05) is 45.1 Å². The number of hydrogen-bond acceptors (Lipinski definition) is 6. The second-order valence-electron chi connectivity index (χ2n) is 6.13. The van der Waals surface area contributed by atoms with Gasteiger partial charge in [0.2, 0.25) is 0 Å². The molecule has 0 radical (unpaired) electrons. The molecule has 1 aliphatic rings. The number of aromatic nitrogens is 3. The van der Waals surface area contributed by atoms with Crippen molar-refractivity contribution in [2.75, 3.05) is 37.6 Å². The van der Waals surface area contributed by atoms with Crippen LogP contribution in [-0.2, 0) is 6.54 Å². The summed E-state index contributed by atoms with van der Waals surface area (Å²) >= 11 is 0. The molecule has 1 aromatic carbocycles. The quantitative estimate of drug-likeness (QED) is 0.759. The molecule has 2 aromatic heterocycles. The molecule has 0 saturated carbocycles. The first-order chi connectivity index (χ1) is 11.8. The summed E-state index contributed by atoms with van der Waals surface area (Å²) in [6, 6.07) is 10.4. The summed E-state index contributed by atoms with van der Waals surface area (Å²) in [6.45, 7) is 4.64. The molecule has 1 unspecified atom stereocenters. The molecule has 3 aromatic rings. The number of benzene rings is 1. The minimum absolute atomic E-state index is 0.416. The van der Waals surface area contributed by atoms with Crippen molar-refractivity contribution in [3.63, 3.8) is 0 Å². The molecule has 1 saturated heterocycles. The lowest BCUT2D eigenvalue weighted by molar-refractivity contribution is 0.0916. The van der Waals surface area contributed by atoms with Gasteiger partial charge in [-0.05, 0) is 18.2 Å². The normalized spacial score (nSPS) is 17.5. The molecule has 0 amide bonds. The topological polar surface area (TPSA) is 70.6 Å². The molecule has 24 heavy (non-hydrogen) atoms. The van der Waals surface area contributed by atoms with E-state index in [9.17, 15) is 5.11 Å². The maximum absolute atomic E-state index is 10.2. The van der Waals surface area contributed by atoms with E-state index in [4.69, 9.17) is 4.42 Å². The third-order valence-electron chi connectivity index (χ3n) is 4.35. The van der Waals surface area contributed by atoms with Gasteiger partial charge in [0.25, 0.3) is 6.01 Å². The largest absolute Gasteiger partial charge is 0.423 e. The average molecular weight is 327 g/mol. The van der Waals surface area contributed by atoms with E-state index in [1.54, 1.807) is 10.9 Å². The molecule has 0 bridgehead atoms. The zero-order valence-corrected chi connectivity index (χ0v) is 13.5. The number of oxazole rings is 1. The van der Waals surface area contributed by atoms with E-state index in [2.05, 4.69) is 19.9 Å². The number of rotatable bonds is 5. The van der Waals surface area contributed by atoms with E-state index in [1.807, 2.05) is 36.5 Å². The molecule has 1 aliphatic heterocycles. The Kier molecular flexibility index (Phi) is 4.18. The Morgan fingerprint density at radius 2 is 1.92 bits per heavy atom. The van der Waals surface area contributed by atoms with Crippen LogP contribution in [0.3, 0.4) is 0 Å². The molecule has 1 atom stereocenters. The van der Waals surface area contributed by atoms with Gasteiger partial charge in [-0.15, -0.1) is 0 Å². The molecular formula is C17H21N5O2. The predicted molar refractivity (Wildman–Crippen MR) is 90.9 cm³/mol. The lowest BCUT2D eigenvalue weighted by atomic mass is 10.2. The number of nitrogens with zero attached hydrogens (tertiary/aromatic N) is 5. The zero-order valence-electron chi connectivity index (χ0n) is 13.5. The van der Waals surface area contributed by atoms with Crippen molar-refractivity contribution in [3.8, 4) is 0 Å². The number of piperazine rings is 1. The van der Waals surface area contributed by atoms with Crippen LogP contribution in [0.5, 0.6) is 0 Å². The molecule has 7 heteroatoms. The predicted octanol–water partition coefficient (Wildman–Crippen LogP) is 1.21. The van der Waals surface area contributed by atoms with Gasteiger partial charge in [0.05, 0.1) is 12.6 Å². The van der Waals surface area contributed by atoms with Crippen molar-refractivity contribution in [2.24, 2.45) is 0 Å². The number of aliphatic hydroxyl groups excluding tert-OH is 1. The maximum atomic E-state index is 10.2. The van der Waals surface area contributed by atoms with Gasteiger partial charge >= 0.3 is 0 Å². The lowest BCUT2D eigenvalue weighted by Crippen LogP contribution is -2.49. The van der Waals surface area contributed by atoms with Gasteiger partial charge < -0.3 is 14.4 Å². The molecule has 0 aliphatic carbocycles. The first-order valence-corrected chi connectivity index (χ1v) is 8.26. The summed E-state index contributed by atoms with van der Waals surface area (Å²) in [4.78, 5) is 8.99. The van der Waals surface area contributed by atoms with Crippen molar-refractivity contribution in [2.45, 2.75) is 12.6 Å². The van der Waals surface area contributed by atoms with Crippen molar-refractivity contribution in [3.05, 3.63) is 42.7 Å². The molecule has 1 N–H and O–H groups in total. The lowest BCUT2D eigenvalue weighted by Gasteiger charge is -2.34. The second kappa shape index (κ2) is 6.62. The van der Waals surface area contributed by atoms with Crippen LogP contribution < -0.4 is 4.90 Å². The number of anilines is 1. The smallest absolute Gasteiger partial charge is 0.298 e. The second-order valence-corrected chi connectivity index (χ2v) is 6.13. The van der Waals surface area contributed by atoms with Crippen LogP contribution >= 0.6 is 0 Å². The van der Waals surface area contributed by atoms with Gasteiger partial charge in [-0.1, -0.05) is 12.1 Å². The minimum atomic E-state index is -0.416. The summed E-state index contributed by atoms with van der Waals surface area (Å²) < 4.78 is 7.59. The van der Waals surface area contributed by atoms with Crippen molar-refractivity contribution in [1.82, 2.24) is 19.7 Å². The highest BCUT2D eigenvalue weighted by atomic mass is 16.4. The number of β-amino-alcohol motifs (C(OH)–C–C–N with tert-alkyl or cyclic N) is 1. The highest BCUT2D eigenvalue weighted by molar-refractivity contribution is 5.74. The van der Waals surface area contributed by atoms with E-state index in [0.717, 1.165) is 37.3 Å². The number of fused-ring (bicyclic) bond motifs is 1. The Morgan fingerprint density at radius 1 is 1.08 bits per heavy atom. The molecular weight excluding hydrogens is 306 g/mol. The first-order valence-electron chi connectivity index (χ1n) is 8.26. The van der Waals surface area contributed by atoms with Crippen LogP contribution in [0.1, 0.15) is 0 Å². The number of hydrogen-bond donors (Lipinski definition) is 1. The molecule has 4 rings (SSSR count). The summed E-state index contributed by atoms with van der Waals surface area (Å²) in [6.07, 6.45) is 3.18. The zero-order chi connectivity index (χ0) is 16.4. The minimum Gasteiger partial charge on any atom is -0.423 e. The Morgan fingerprint density at radius 3 is 2.67 bits per heavy atom. The molecule has 0 spiro atoms. The van der Waals surface area contributed by atoms with Gasteiger partial charge in [-0.2, -0.15) is 10.1 Å². The molecule has 126 valence electrons. The van der Waals surface area contributed by atoms with E-state index < -0.39 is 6.10 Å². The van der Waals surface area contributed by atoms with Crippen molar-refractivity contribution < 1.29 is 9.52 Å². The molecule has 1 fully saturated rings. The average Bonchev–Trinajstić information content (AvgIpc) is 3.24. The Hall–Kier alpha value is -2.38. The maximum Gasteiger partial charge on any atom is 0.298 e. The van der Waals surface area contributed by atoms with Crippen LogP contribution in [0.15, 0.2) is 47.1 Å². The van der Waals surface area contributed by atoms with E-state index >= 15 is 0 Å². The van der Waals surface area contributed by atoms with E-state index in [0.29, 0.717) is 19.1 Å². The third kappa shape index (κ3) is 3.27. The van der Waals surface area contributed by atoms with Crippen LogP contribution in [0.4, 0.5) is 6.01 Å². The summed E-state index contributed by atoms with van der Waals surface area (Å²) in [5.41, 5.74) is 1.72. The van der Waals surface area contributed by atoms with Gasteiger partial charge in [0.15, 0.2) is 5.58 Å². The molecule has 3 heterocycles. The molecule has 7 nitrogen and oxygen atoms in total. The summed E-state index contributed by atoms with van der Waals surface area (Å²) in [5, 5.41) is 14.3. The van der Waals surface area contributed by atoms with Crippen molar-refractivity contribution in [1.29, 1.82) is 0 Å². The van der Waals surface area contributed by atoms with Crippen LogP contribution in [-0.4, -0.2) is 63.6 Å². The fourth-order valence-electron chi connectivity index (χ4n) is 3.10. The Labute approximate surface area is 140 Å². The van der Waals surface area contributed by atoms with Crippen LogP contribution in [0.2, 0.25) is 0 Å². The fraction of sp³-hybridized carbons (Fsp3) is 0.412. The highest BCUT2D eigenvalue weighted by Gasteiger charge is 2.22. The van der Waals surface area contributed by atoms with Crippen molar-refractivity contribution >= 4 is 17.1 Å². The third-order valence-corrected chi connectivity index (χ3v) is 4.35. The van der Waals surface area contributed by atoms with Gasteiger partial charge in [0.1, 0.15) is 5.52 Å². The number of para-hydroxylation sites is 2. The Balaban J connectivity index is 1.31. The Bertz CT molecular complexity index is 744. The summed E-state index contributed by atoms with van der Waals surface area (Å²) in [7, 11) is 0. The van der Waals surface area contributed by atoms with E-state index in [-0.39, 0.29) is 0 Å². The standard InChI is InChI=1S/C17H21N5O2/c23-14(13-22-7-3-6-18-22)12-20-8-10-21(11-9-20)17-19-15-4-1-2-5-16(15)24-17/h1-7,14,23H,8-13H2. The fourth-order valence-corrected chi connectivity index (χ4v) is 3.10. The SMILES string of the molecule is OC(CN1CCN(c2nc3ccccc3o2)CC1)Cn1cccn1. The highest BCUT2D eigenvalue weighted by Crippen LogP contribution is 2.22. The first kappa shape index (κ1) is 15.2.